The quantitative estimate of drug-likeness (QED) is 0.744. The summed E-state index contributed by atoms with van der Waals surface area (Å²) in [5.41, 5.74) is 2.87. The molecule has 100 valence electrons. The van der Waals surface area contributed by atoms with E-state index in [-0.39, 0.29) is 12.5 Å². The number of nitrogens with one attached hydrogen (secondary N) is 1. The molecule has 0 saturated heterocycles. The topological polar surface area (TPSA) is 49.3 Å². The Balaban J connectivity index is 2.34. The van der Waals surface area contributed by atoms with Crippen LogP contribution in [0.25, 0.3) is 0 Å². The maximum absolute atomic E-state index is 11.9. The van der Waals surface area contributed by atoms with Crippen LogP contribution in [-0.2, 0) is 0 Å². The smallest absolute Gasteiger partial charge is 0.251 e. The molecule has 4 heteroatoms. The minimum Gasteiger partial charge on any atom is -0.396 e. The van der Waals surface area contributed by atoms with Crippen LogP contribution in [-0.4, -0.2) is 35.7 Å². The summed E-state index contributed by atoms with van der Waals surface area (Å²) in [7, 11) is 0. The van der Waals surface area contributed by atoms with Crippen LogP contribution in [0, 0.1) is 13.8 Å². The van der Waals surface area contributed by atoms with E-state index in [0.717, 1.165) is 34.6 Å². The number of hydrogen-bond acceptors (Lipinski definition) is 3. The Kier molecular flexibility index (Phi) is 6.83. The lowest BCUT2D eigenvalue weighted by Crippen LogP contribution is -2.26. The molecule has 0 aliphatic carbocycles. The first-order valence-electron chi connectivity index (χ1n) is 6.19. The molecular weight excluding hydrogens is 246 g/mol. The Labute approximate surface area is 113 Å². The molecule has 0 atom stereocenters. The second-order valence-corrected chi connectivity index (χ2v) is 5.49. The van der Waals surface area contributed by atoms with Crippen LogP contribution < -0.4 is 5.32 Å². The van der Waals surface area contributed by atoms with Crippen LogP contribution in [0.15, 0.2) is 18.2 Å². The maximum Gasteiger partial charge on any atom is 0.251 e. The first kappa shape index (κ1) is 15.1. The van der Waals surface area contributed by atoms with E-state index >= 15 is 0 Å². The highest BCUT2D eigenvalue weighted by molar-refractivity contribution is 7.99. The van der Waals surface area contributed by atoms with Gasteiger partial charge in [-0.3, -0.25) is 4.79 Å². The largest absolute Gasteiger partial charge is 0.396 e. The lowest BCUT2D eigenvalue weighted by molar-refractivity contribution is 0.0955. The number of rotatable bonds is 7. The lowest BCUT2D eigenvalue weighted by Gasteiger charge is -2.08. The molecule has 0 saturated carbocycles. The highest BCUT2D eigenvalue weighted by Gasteiger charge is 2.07. The molecule has 0 aromatic heterocycles. The van der Waals surface area contributed by atoms with Gasteiger partial charge in [0.25, 0.3) is 5.91 Å². The summed E-state index contributed by atoms with van der Waals surface area (Å²) in [5.74, 6) is 1.82. The predicted octanol–water partition coefficient (Wildman–Crippen LogP) is 2.15. The molecule has 0 heterocycles. The van der Waals surface area contributed by atoms with Gasteiger partial charge in [0.15, 0.2) is 0 Å². The molecule has 1 aromatic carbocycles. The third-order valence-electron chi connectivity index (χ3n) is 2.62. The summed E-state index contributed by atoms with van der Waals surface area (Å²) in [4.78, 5) is 11.9. The Bertz CT molecular complexity index is 393. The summed E-state index contributed by atoms with van der Waals surface area (Å²) in [6.45, 7) is 4.84. The summed E-state index contributed by atoms with van der Waals surface area (Å²) in [6, 6.07) is 5.90. The van der Waals surface area contributed by atoms with Gasteiger partial charge in [-0.1, -0.05) is 17.7 Å². The van der Waals surface area contributed by atoms with Crippen LogP contribution in [0.4, 0.5) is 0 Å². The summed E-state index contributed by atoms with van der Waals surface area (Å²) < 4.78 is 0. The molecule has 2 N–H and O–H groups in total. The van der Waals surface area contributed by atoms with Gasteiger partial charge in [-0.2, -0.15) is 11.8 Å². The van der Waals surface area contributed by atoms with Gasteiger partial charge in [0.05, 0.1) is 0 Å². The van der Waals surface area contributed by atoms with Crippen molar-refractivity contribution < 1.29 is 9.90 Å². The van der Waals surface area contributed by atoms with Gasteiger partial charge in [0.2, 0.25) is 0 Å². The fraction of sp³-hybridized carbons (Fsp3) is 0.500. The normalized spacial score (nSPS) is 10.4. The Morgan fingerprint density at radius 3 is 2.83 bits per heavy atom. The Morgan fingerprint density at radius 1 is 1.33 bits per heavy atom. The molecule has 0 aliphatic heterocycles. The molecule has 1 rings (SSSR count). The van der Waals surface area contributed by atoms with Crippen molar-refractivity contribution in [1.29, 1.82) is 0 Å². The summed E-state index contributed by atoms with van der Waals surface area (Å²) in [5, 5.41) is 11.6. The lowest BCUT2D eigenvalue weighted by atomic mass is 10.1. The SMILES string of the molecule is Cc1ccc(C)c(C(=O)NCCSCCCO)c1. The first-order valence-corrected chi connectivity index (χ1v) is 7.34. The second-order valence-electron chi connectivity index (χ2n) is 4.26. The van der Waals surface area contributed by atoms with Crippen molar-refractivity contribution in [1.82, 2.24) is 5.32 Å². The molecule has 0 bridgehead atoms. The summed E-state index contributed by atoms with van der Waals surface area (Å²) in [6.07, 6.45) is 0.815. The number of amides is 1. The molecule has 18 heavy (non-hydrogen) atoms. The Hall–Kier alpha value is -1.00. The number of hydrogen-bond donors (Lipinski definition) is 2. The molecule has 0 radical (unpaired) electrons. The number of benzene rings is 1. The highest BCUT2D eigenvalue weighted by Crippen LogP contribution is 2.10. The monoisotopic (exact) mass is 267 g/mol. The van der Waals surface area contributed by atoms with Crippen molar-refractivity contribution in [3.05, 3.63) is 34.9 Å². The molecule has 0 fully saturated rings. The van der Waals surface area contributed by atoms with Crippen LogP contribution in [0.3, 0.4) is 0 Å². The van der Waals surface area contributed by atoms with Gasteiger partial charge in [0, 0.05) is 24.5 Å². The molecule has 3 nitrogen and oxygen atoms in total. The maximum atomic E-state index is 11.9. The molecule has 0 aliphatic rings. The van der Waals surface area contributed by atoms with E-state index in [9.17, 15) is 4.79 Å². The van der Waals surface area contributed by atoms with E-state index in [0.29, 0.717) is 6.54 Å². The average Bonchev–Trinajstić information content (AvgIpc) is 2.36. The van der Waals surface area contributed by atoms with Gasteiger partial charge < -0.3 is 10.4 Å². The zero-order chi connectivity index (χ0) is 13.4. The van der Waals surface area contributed by atoms with Crippen molar-refractivity contribution >= 4 is 17.7 Å². The number of aliphatic hydroxyl groups excluding tert-OH is 1. The van der Waals surface area contributed by atoms with Gasteiger partial charge in [0.1, 0.15) is 0 Å². The standard InChI is InChI=1S/C14H21NO2S/c1-11-4-5-12(2)13(10-11)14(17)15-6-9-18-8-3-7-16/h4-5,10,16H,3,6-9H2,1-2H3,(H,15,17). The van der Waals surface area contributed by atoms with Crippen LogP contribution in [0.1, 0.15) is 27.9 Å². The van der Waals surface area contributed by atoms with E-state index in [1.54, 1.807) is 11.8 Å². The van der Waals surface area contributed by atoms with E-state index in [1.807, 2.05) is 32.0 Å². The minimum atomic E-state index is -0.000965. The minimum absolute atomic E-state index is 0.000965. The number of thioether (sulfide) groups is 1. The molecule has 0 unspecified atom stereocenters. The van der Waals surface area contributed by atoms with Crippen molar-refractivity contribution in [2.24, 2.45) is 0 Å². The van der Waals surface area contributed by atoms with Crippen molar-refractivity contribution in [2.75, 3.05) is 24.7 Å². The van der Waals surface area contributed by atoms with Gasteiger partial charge in [-0.15, -0.1) is 0 Å². The molecular formula is C14H21NO2S. The van der Waals surface area contributed by atoms with E-state index in [4.69, 9.17) is 5.11 Å². The third kappa shape index (κ3) is 5.10. The number of carbonyl (C=O) groups is 1. The van der Waals surface area contributed by atoms with E-state index in [2.05, 4.69) is 5.32 Å². The van der Waals surface area contributed by atoms with Crippen LogP contribution in [0.5, 0.6) is 0 Å². The average molecular weight is 267 g/mol. The zero-order valence-electron chi connectivity index (χ0n) is 11.0. The van der Waals surface area contributed by atoms with Gasteiger partial charge >= 0.3 is 0 Å². The van der Waals surface area contributed by atoms with E-state index in [1.165, 1.54) is 0 Å². The molecule has 0 spiro atoms. The fourth-order valence-corrected chi connectivity index (χ4v) is 2.36. The molecule has 1 aromatic rings. The first-order chi connectivity index (χ1) is 8.65. The van der Waals surface area contributed by atoms with Gasteiger partial charge in [-0.25, -0.2) is 0 Å². The van der Waals surface area contributed by atoms with Crippen molar-refractivity contribution in [3.63, 3.8) is 0 Å². The van der Waals surface area contributed by atoms with Crippen LogP contribution in [0.2, 0.25) is 0 Å². The number of aryl methyl sites for hydroxylation is 2. The third-order valence-corrected chi connectivity index (χ3v) is 3.69. The highest BCUT2D eigenvalue weighted by atomic mass is 32.2. The molecule has 1 amide bonds. The van der Waals surface area contributed by atoms with E-state index < -0.39 is 0 Å². The van der Waals surface area contributed by atoms with Crippen LogP contribution >= 0.6 is 11.8 Å². The second kappa shape index (κ2) is 8.16. The zero-order valence-corrected chi connectivity index (χ0v) is 11.8. The Morgan fingerprint density at radius 2 is 2.11 bits per heavy atom. The number of aliphatic hydroxyl groups is 1. The number of carbonyl (C=O) groups excluding carboxylic acids is 1. The summed E-state index contributed by atoms with van der Waals surface area (Å²) >= 11 is 1.75. The predicted molar refractivity (Wildman–Crippen MR) is 77.3 cm³/mol. The van der Waals surface area contributed by atoms with Crippen molar-refractivity contribution in [2.45, 2.75) is 20.3 Å². The van der Waals surface area contributed by atoms with Crippen molar-refractivity contribution in [3.8, 4) is 0 Å². The van der Waals surface area contributed by atoms with Gasteiger partial charge in [-0.05, 0) is 37.7 Å². The fourth-order valence-electron chi connectivity index (χ4n) is 1.58.